The third-order valence-electron chi connectivity index (χ3n) is 2.93. The van der Waals surface area contributed by atoms with Gasteiger partial charge in [0.05, 0.1) is 21.4 Å². The highest BCUT2D eigenvalue weighted by molar-refractivity contribution is 9.10. The Labute approximate surface area is 127 Å². The Balaban J connectivity index is 2.42. The number of hydrogen-bond donors (Lipinski definition) is 2. The number of alkyl halides is 3. The van der Waals surface area contributed by atoms with Crippen LogP contribution in [0.1, 0.15) is 11.1 Å². The highest BCUT2D eigenvalue weighted by atomic mass is 79.9. The topological polar surface area (TPSA) is 38.0 Å². The van der Waals surface area contributed by atoms with Crippen LogP contribution in [0.15, 0.2) is 34.8 Å². The molecule has 0 unspecified atom stereocenters. The van der Waals surface area contributed by atoms with Crippen LogP contribution in [0.25, 0.3) is 0 Å². The quantitative estimate of drug-likeness (QED) is 0.566. The molecule has 2 aromatic carbocycles. The lowest BCUT2D eigenvalue weighted by atomic mass is 10.1. The fraction of sp³-hybridized carbons (Fsp3) is 0.143. The zero-order valence-electron chi connectivity index (χ0n) is 10.9. The lowest BCUT2D eigenvalue weighted by Crippen LogP contribution is -2.06. The van der Waals surface area contributed by atoms with Gasteiger partial charge in [-0.1, -0.05) is 6.07 Å². The van der Waals surface area contributed by atoms with Gasteiger partial charge in [0.1, 0.15) is 5.82 Å². The molecule has 0 spiro atoms. The number of nitrogens with two attached hydrogens (primary N) is 1. The molecule has 7 heteroatoms. The van der Waals surface area contributed by atoms with Gasteiger partial charge in [0, 0.05) is 11.8 Å². The van der Waals surface area contributed by atoms with Gasteiger partial charge >= 0.3 is 6.18 Å². The van der Waals surface area contributed by atoms with Crippen LogP contribution in [-0.2, 0) is 6.18 Å². The fourth-order valence-electron chi connectivity index (χ4n) is 1.75. The van der Waals surface area contributed by atoms with Crippen LogP contribution < -0.4 is 11.1 Å². The van der Waals surface area contributed by atoms with Crippen LogP contribution in [0.3, 0.4) is 0 Å². The number of benzene rings is 2. The third kappa shape index (κ3) is 3.47. The molecular weight excluding hydrogens is 352 g/mol. The van der Waals surface area contributed by atoms with E-state index in [0.29, 0.717) is 5.56 Å². The van der Waals surface area contributed by atoms with Crippen molar-refractivity contribution in [3.63, 3.8) is 0 Å². The maximum Gasteiger partial charge on any atom is 0.416 e. The molecule has 2 aromatic rings. The van der Waals surface area contributed by atoms with Crippen LogP contribution in [0, 0.1) is 12.7 Å². The molecule has 0 amide bonds. The zero-order valence-corrected chi connectivity index (χ0v) is 12.4. The molecule has 0 saturated carbocycles. The van der Waals surface area contributed by atoms with E-state index in [1.807, 2.05) is 0 Å². The normalized spacial score (nSPS) is 11.5. The van der Waals surface area contributed by atoms with E-state index in [1.54, 1.807) is 6.92 Å². The summed E-state index contributed by atoms with van der Waals surface area (Å²) in [6.07, 6.45) is -4.44. The molecule has 0 heterocycles. The minimum atomic E-state index is -4.44. The number of nitrogens with one attached hydrogen (secondary N) is 1. The molecule has 0 saturated heterocycles. The molecule has 0 aliphatic carbocycles. The summed E-state index contributed by atoms with van der Waals surface area (Å²) in [5.74, 6) is -0.559. The number of anilines is 3. The van der Waals surface area contributed by atoms with Crippen molar-refractivity contribution in [3.05, 3.63) is 51.7 Å². The van der Waals surface area contributed by atoms with E-state index in [2.05, 4.69) is 21.2 Å². The largest absolute Gasteiger partial charge is 0.416 e. The first-order valence-electron chi connectivity index (χ1n) is 5.88. The molecule has 0 aliphatic heterocycles. The monoisotopic (exact) mass is 362 g/mol. The van der Waals surface area contributed by atoms with Crippen molar-refractivity contribution in [3.8, 4) is 0 Å². The van der Waals surface area contributed by atoms with Crippen LogP contribution in [-0.4, -0.2) is 0 Å². The first kappa shape index (κ1) is 15.6. The second-order valence-corrected chi connectivity index (χ2v) is 5.36. The van der Waals surface area contributed by atoms with E-state index in [-0.39, 0.29) is 21.5 Å². The number of halogens is 5. The number of nitrogen functional groups attached to an aromatic ring is 1. The molecule has 0 radical (unpaired) electrons. The van der Waals surface area contributed by atoms with E-state index in [1.165, 1.54) is 12.1 Å². The van der Waals surface area contributed by atoms with Crippen molar-refractivity contribution in [2.45, 2.75) is 13.1 Å². The summed E-state index contributed by atoms with van der Waals surface area (Å²) >= 11 is 2.99. The Morgan fingerprint density at radius 3 is 2.38 bits per heavy atom. The summed E-state index contributed by atoms with van der Waals surface area (Å²) in [4.78, 5) is 0. The fourth-order valence-corrected chi connectivity index (χ4v) is 2.11. The third-order valence-corrected chi connectivity index (χ3v) is 3.53. The molecule has 0 bridgehead atoms. The van der Waals surface area contributed by atoms with Gasteiger partial charge in [-0.25, -0.2) is 4.39 Å². The predicted octanol–water partition coefficient (Wildman–Crippen LogP) is 5.24. The number of hydrogen-bond acceptors (Lipinski definition) is 2. The average Bonchev–Trinajstić information content (AvgIpc) is 2.37. The van der Waals surface area contributed by atoms with Crippen molar-refractivity contribution in [2.24, 2.45) is 0 Å². The SMILES string of the molecule is Cc1ccc(C(F)(F)F)cc1Nc1cc(F)c(Br)cc1N. The highest BCUT2D eigenvalue weighted by Gasteiger charge is 2.30. The summed E-state index contributed by atoms with van der Waals surface area (Å²) < 4.78 is 51.8. The van der Waals surface area contributed by atoms with Gasteiger partial charge in [0.2, 0.25) is 0 Å². The van der Waals surface area contributed by atoms with Gasteiger partial charge in [-0.3, -0.25) is 0 Å². The Kier molecular flexibility index (Phi) is 4.13. The van der Waals surface area contributed by atoms with Gasteiger partial charge in [0.15, 0.2) is 0 Å². The summed E-state index contributed by atoms with van der Waals surface area (Å²) in [6, 6.07) is 5.77. The van der Waals surface area contributed by atoms with Gasteiger partial charge in [-0.05, 0) is 46.6 Å². The molecule has 0 aromatic heterocycles. The van der Waals surface area contributed by atoms with Crippen molar-refractivity contribution >= 4 is 33.0 Å². The average molecular weight is 363 g/mol. The van der Waals surface area contributed by atoms with E-state index >= 15 is 0 Å². The Hall–Kier alpha value is -1.76. The smallest absolute Gasteiger partial charge is 0.397 e. The Bertz CT molecular complexity index is 683. The van der Waals surface area contributed by atoms with Gasteiger partial charge in [-0.2, -0.15) is 13.2 Å². The Morgan fingerprint density at radius 1 is 1.10 bits per heavy atom. The second kappa shape index (κ2) is 5.55. The molecule has 0 atom stereocenters. The first-order chi connectivity index (χ1) is 9.68. The molecule has 112 valence electrons. The lowest BCUT2D eigenvalue weighted by Gasteiger charge is -2.15. The molecule has 3 N–H and O–H groups in total. The van der Waals surface area contributed by atoms with E-state index in [9.17, 15) is 17.6 Å². The summed E-state index contributed by atoms with van der Waals surface area (Å²) in [7, 11) is 0. The van der Waals surface area contributed by atoms with Crippen LogP contribution in [0.5, 0.6) is 0 Å². The molecule has 0 aliphatic rings. The van der Waals surface area contributed by atoms with Crippen LogP contribution in [0.4, 0.5) is 34.6 Å². The minimum Gasteiger partial charge on any atom is -0.397 e. The van der Waals surface area contributed by atoms with Crippen molar-refractivity contribution in [1.82, 2.24) is 0 Å². The maximum atomic E-state index is 13.5. The van der Waals surface area contributed by atoms with Crippen molar-refractivity contribution < 1.29 is 17.6 Å². The van der Waals surface area contributed by atoms with Crippen molar-refractivity contribution in [2.75, 3.05) is 11.1 Å². The maximum absolute atomic E-state index is 13.5. The lowest BCUT2D eigenvalue weighted by molar-refractivity contribution is -0.137. The Morgan fingerprint density at radius 2 is 1.76 bits per heavy atom. The number of aryl methyl sites for hydroxylation is 1. The van der Waals surface area contributed by atoms with Crippen LogP contribution >= 0.6 is 15.9 Å². The molecule has 0 fully saturated rings. The van der Waals surface area contributed by atoms with Crippen molar-refractivity contribution in [1.29, 1.82) is 0 Å². The molecule has 21 heavy (non-hydrogen) atoms. The number of rotatable bonds is 2. The standard InChI is InChI=1S/C14H11BrF4N2/c1-7-2-3-8(14(17,18)19)4-12(7)21-13-6-10(16)9(15)5-11(13)20/h2-6,21H,20H2,1H3. The first-order valence-corrected chi connectivity index (χ1v) is 6.67. The van der Waals surface area contributed by atoms with Gasteiger partial charge in [0.25, 0.3) is 0 Å². The van der Waals surface area contributed by atoms with Gasteiger partial charge in [-0.15, -0.1) is 0 Å². The summed E-state index contributed by atoms with van der Waals surface area (Å²) in [5, 5.41) is 2.74. The minimum absolute atomic E-state index is 0.186. The summed E-state index contributed by atoms with van der Waals surface area (Å²) in [6.45, 7) is 1.65. The predicted molar refractivity (Wildman–Crippen MR) is 78.0 cm³/mol. The second-order valence-electron chi connectivity index (χ2n) is 4.51. The molecular formula is C14H11BrF4N2. The van der Waals surface area contributed by atoms with E-state index < -0.39 is 17.6 Å². The highest BCUT2D eigenvalue weighted by Crippen LogP contribution is 2.34. The van der Waals surface area contributed by atoms with Crippen LogP contribution in [0.2, 0.25) is 0 Å². The molecule has 2 nitrogen and oxygen atoms in total. The van der Waals surface area contributed by atoms with E-state index in [4.69, 9.17) is 5.73 Å². The molecule has 2 rings (SSSR count). The summed E-state index contributed by atoms with van der Waals surface area (Å²) in [5.41, 5.74) is 6.18. The van der Waals surface area contributed by atoms with E-state index in [0.717, 1.165) is 18.2 Å². The zero-order chi connectivity index (χ0) is 15.8. The van der Waals surface area contributed by atoms with Gasteiger partial charge < -0.3 is 11.1 Å².